The zero-order valence-corrected chi connectivity index (χ0v) is 10.6. The summed E-state index contributed by atoms with van der Waals surface area (Å²) in [6, 6.07) is 5.86. The number of nitrogens with two attached hydrogens (primary N) is 1. The highest BCUT2D eigenvalue weighted by molar-refractivity contribution is 5.49. The Balaban J connectivity index is 1.68. The molecule has 1 aliphatic heterocycles. The van der Waals surface area contributed by atoms with Gasteiger partial charge in [0.25, 0.3) is 0 Å². The molecule has 0 saturated carbocycles. The predicted molar refractivity (Wildman–Crippen MR) is 71.4 cm³/mol. The third-order valence-corrected chi connectivity index (χ3v) is 3.33. The van der Waals surface area contributed by atoms with Crippen LogP contribution in [0.15, 0.2) is 18.2 Å². The molecule has 2 rings (SSSR count). The van der Waals surface area contributed by atoms with Gasteiger partial charge in [-0.05, 0) is 63.0 Å². The largest absolute Gasteiger partial charge is 0.494 e. The van der Waals surface area contributed by atoms with Crippen LogP contribution in [-0.2, 0) is 0 Å². The molecule has 0 aliphatic carbocycles. The summed E-state index contributed by atoms with van der Waals surface area (Å²) in [6.45, 7) is 6.49. The van der Waals surface area contributed by atoms with Crippen LogP contribution in [0.4, 0.5) is 5.69 Å². The van der Waals surface area contributed by atoms with E-state index in [0.29, 0.717) is 0 Å². The molecule has 1 fully saturated rings. The lowest BCUT2D eigenvalue weighted by atomic mass is 10.2. The van der Waals surface area contributed by atoms with Crippen molar-refractivity contribution in [3.05, 3.63) is 23.8 Å². The molecule has 1 heterocycles. The lowest BCUT2D eigenvalue weighted by molar-refractivity contribution is 0.263. The molecule has 0 bridgehead atoms. The first-order chi connectivity index (χ1) is 8.25. The maximum Gasteiger partial charge on any atom is 0.119 e. The molecule has 0 radical (unpaired) electrons. The summed E-state index contributed by atoms with van der Waals surface area (Å²) in [5.41, 5.74) is 7.68. The minimum atomic E-state index is 0.792. The third kappa shape index (κ3) is 3.63. The Kier molecular flexibility index (Phi) is 4.26. The van der Waals surface area contributed by atoms with Crippen LogP contribution in [0.3, 0.4) is 0 Å². The van der Waals surface area contributed by atoms with Crippen molar-refractivity contribution in [3.63, 3.8) is 0 Å². The molecule has 1 aromatic rings. The molecule has 1 aromatic carbocycles. The number of likely N-dealkylation sites (tertiary alicyclic amines) is 1. The van der Waals surface area contributed by atoms with Crippen LogP contribution in [0.5, 0.6) is 5.75 Å². The molecule has 94 valence electrons. The number of rotatable bonds is 5. The van der Waals surface area contributed by atoms with E-state index < -0.39 is 0 Å². The first-order valence-corrected chi connectivity index (χ1v) is 6.47. The van der Waals surface area contributed by atoms with E-state index in [2.05, 4.69) is 4.90 Å². The van der Waals surface area contributed by atoms with Crippen LogP contribution < -0.4 is 10.5 Å². The Labute approximate surface area is 104 Å². The molecule has 3 heteroatoms. The number of hydrogen-bond acceptors (Lipinski definition) is 3. The molecule has 0 amide bonds. The normalized spacial score (nSPS) is 16.3. The van der Waals surface area contributed by atoms with Gasteiger partial charge in [-0.25, -0.2) is 0 Å². The molecule has 0 aromatic heterocycles. The fraction of sp³-hybridized carbons (Fsp3) is 0.571. The van der Waals surface area contributed by atoms with Gasteiger partial charge in [0, 0.05) is 12.2 Å². The number of nitrogen functional groups attached to an aromatic ring is 1. The third-order valence-electron chi connectivity index (χ3n) is 3.33. The van der Waals surface area contributed by atoms with Gasteiger partial charge in [0.1, 0.15) is 5.75 Å². The Morgan fingerprint density at radius 3 is 2.76 bits per heavy atom. The van der Waals surface area contributed by atoms with E-state index in [0.717, 1.165) is 36.6 Å². The SMILES string of the molecule is Cc1cc(OCCCN2CCCC2)ccc1N. The van der Waals surface area contributed by atoms with Crippen molar-refractivity contribution >= 4 is 5.69 Å². The van der Waals surface area contributed by atoms with Gasteiger partial charge in [-0.1, -0.05) is 0 Å². The fourth-order valence-electron chi connectivity index (χ4n) is 2.22. The van der Waals surface area contributed by atoms with Crippen LogP contribution >= 0.6 is 0 Å². The zero-order valence-electron chi connectivity index (χ0n) is 10.6. The van der Waals surface area contributed by atoms with Gasteiger partial charge in [0.2, 0.25) is 0 Å². The second-order valence-electron chi connectivity index (χ2n) is 4.77. The Hall–Kier alpha value is -1.22. The van der Waals surface area contributed by atoms with Crippen LogP contribution in [0, 0.1) is 6.92 Å². The molecule has 2 N–H and O–H groups in total. The second-order valence-corrected chi connectivity index (χ2v) is 4.77. The predicted octanol–water partition coefficient (Wildman–Crippen LogP) is 2.44. The molecule has 1 saturated heterocycles. The highest BCUT2D eigenvalue weighted by Crippen LogP contribution is 2.18. The standard InChI is InChI=1S/C14H22N2O/c1-12-11-13(5-6-14(12)15)17-10-4-9-16-7-2-3-8-16/h5-6,11H,2-4,7-10,15H2,1H3. The van der Waals surface area contributed by atoms with Crippen molar-refractivity contribution in [1.29, 1.82) is 0 Å². The number of hydrogen-bond donors (Lipinski definition) is 1. The lowest BCUT2D eigenvalue weighted by Crippen LogP contribution is -2.21. The maximum atomic E-state index is 5.76. The monoisotopic (exact) mass is 234 g/mol. The van der Waals surface area contributed by atoms with Gasteiger partial charge in [0.15, 0.2) is 0 Å². The molecule has 3 nitrogen and oxygen atoms in total. The molecular weight excluding hydrogens is 212 g/mol. The summed E-state index contributed by atoms with van der Waals surface area (Å²) in [4.78, 5) is 2.51. The summed E-state index contributed by atoms with van der Waals surface area (Å²) >= 11 is 0. The van der Waals surface area contributed by atoms with E-state index >= 15 is 0 Å². The summed E-state index contributed by atoms with van der Waals surface area (Å²) in [7, 11) is 0. The van der Waals surface area contributed by atoms with Gasteiger partial charge >= 0.3 is 0 Å². The van der Waals surface area contributed by atoms with Crippen LogP contribution in [0.2, 0.25) is 0 Å². The smallest absolute Gasteiger partial charge is 0.119 e. The molecular formula is C14H22N2O. The fourth-order valence-corrected chi connectivity index (χ4v) is 2.22. The first-order valence-electron chi connectivity index (χ1n) is 6.47. The minimum Gasteiger partial charge on any atom is -0.494 e. The number of aryl methyl sites for hydroxylation is 1. The number of ether oxygens (including phenoxy) is 1. The maximum absolute atomic E-state index is 5.76. The van der Waals surface area contributed by atoms with Crippen molar-refractivity contribution in [2.24, 2.45) is 0 Å². The molecule has 17 heavy (non-hydrogen) atoms. The van der Waals surface area contributed by atoms with Crippen molar-refractivity contribution < 1.29 is 4.74 Å². The average molecular weight is 234 g/mol. The van der Waals surface area contributed by atoms with Crippen molar-refractivity contribution in [1.82, 2.24) is 4.90 Å². The Morgan fingerprint density at radius 2 is 2.06 bits per heavy atom. The van der Waals surface area contributed by atoms with Crippen LogP contribution in [0.25, 0.3) is 0 Å². The summed E-state index contributed by atoms with van der Waals surface area (Å²) in [5.74, 6) is 0.929. The molecule has 0 atom stereocenters. The van der Waals surface area contributed by atoms with E-state index in [4.69, 9.17) is 10.5 Å². The van der Waals surface area contributed by atoms with E-state index in [1.165, 1.54) is 25.9 Å². The van der Waals surface area contributed by atoms with E-state index in [-0.39, 0.29) is 0 Å². The van der Waals surface area contributed by atoms with E-state index in [1.54, 1.807) is 0 Å². The van der Waals surface area contributed by atoms with Crippen molar-refractivity contribution in [2.45, 2.75) is 26.2 Å². The molecule has 0 unspecified atom stereocenters. The van der Waals surface area contributed by atoms with E-state index in [9.17, 15) is 0 Å². The summed E-state index contributed by atoms with van der Waals surface area (Å²) in [5, 5.41) is 0. The van der Waals surface area contributed by atoms with Crippen LogP contribution in [0.1, 0.15) is 24.8 Å². The van der Waals surface area contributed by atoms with Gasteiger partial charge in [0.05, 0.1) is 6.61 Å². The second kappa shape index (κ2) is 5.92. The minimum absolute atomic E-state index is 0.792. The quantitative estimate of drug-likeness (QED) is 0.628. The zero-order chi connectivity index (χ0) is 12.1. The first kappa shape index (κ1) is 12.2. The van der Waals surface area contributed by atoms with Gasteiger partial charge in [-0.2, -0.15) is 0 Å². The van der Waals surface area contributed by atoms with Gasteiger partial charge < -0.3 is 15.4 Å². The highest BCUT2D eigenvalue weighted by atomic mass is 16.5. The van der Waals surface area contributed by atoms with Crippen LogP contribution in [-0.4, -0.2) is 31.1 Å². The number of nitrogens with zero attached hydrogens (tertiary/aromatic N) is 1. The average Bonchev–Trinajstić information content (AvgIpc) is 2.82. The van der Waals surface area contributed by atoms with Crippen molar-refractivity contribution in [2.75, 3.05) is 32.0 Å². The number of anilines is 1. The Morgan fingerprint density at radius 1 is 1.29 bits per heavy atom. The highest BCUT2D eigenvalue weighted by Gasteiger charge is 2.10. The lowest BCUT2D eigenvalue weighted by Gasteiger charge is -2.14. The Bertz CT molecular complexity index is 359. The van der Waals surface area contributed by atoms with E-state index in [1.807, 2.05) is 25.1 Å². The summed E-state index contributed by atoms with van der Waals surface area (Å²) < 4.78 is 5.72. The summed E-state index contributed by atoms with van der Waals surface area (Å²) in [6.07, 6.45) is 3.82. The number of benzene rings is 1. The van der Waals surface area contributed by atoms with Crippen molar-refractivity contribution in [3.8, 4) is 5.75 Å². The molecule has 1 aliphatic rings. The topological polar surface area (TPSA) is 38.5 Å². The van der Waals surface area contributed by atoms with Gasteiger partial charge in [-0.3, -0.25) is 0 Å². The molecule has 0 spiro atoms. The van der Waals surface area contributed by atoms with Gasteiger partial charge in [-0.15, -0.1) is 0 Å².